The summed E-state index contributed by atoms with van der Waals surface area (Å²) in [6.07, 6.45) is 4.90. The number of carbonyl (C=O) groups excluding carboxylic acids is 1. The fourth-order valence-electron chi connectivity index (χ4n) is 2.36. The van der Waals surface area contributed by atoms with Crippen LogP contribution in [0.4, 0.5) is 11.4 Å². The predicted molar refractivity (Wildman–Crippen MR) is 70.1 cm³/mol. The molecule has 4 N–H and O–H groups in total. The molecule has 4 heteroatoms. The molecular weight excluding hydrogens is 214 g/mol. The molecule has 0 aromatic heterocycles. The minimum Gasteiger partial charge on any atom is -0.396 e. The van der Waals surface area contributed by atoms with Crippen molar-refractivity contribution >= 4 is 17.3 Å². The van der Waals surface area contributed by atoms with Crippen molar-refractivity contribution in [3.63, 3.8) is 0 Å². The third-order valence-corrected chi connectivity index (χ3v) is 3.30. The number of amides is 1. The van der Waals surface area contributed by atoms with Crippen LogP contribution >= 0.6 is 0 Å². The number of benzene rings is 1. The van der Waals surface area contributed by atoms with Gasteiger partial charge < -0.3 is 16.4 Å². The predicted octanol–water partition coefficient (Wildman–Crippen LogP) is 1.75. The number of rotatable bonds is 2. The van der Waals surface area contributed by atoms with Gasteiger partial charge in [-0.2, -0.15) is 0 Å². The Morgan fingerprint density at radius 3 is 2.35 bits per heavy atom. The lowest BCUT2D eigenvalue weighted by molar-refractivity contribution is 0.100. The van der Waals surface area contributed by atoms with Crippen molar-refractivity contribution in [2.75, 3.05) is 23.7 Å². The summed E-state index contributed by atoms with van der Waals surface area (Å²) in [4.78, 5) is 13.5. The van der Waals surface area contributed by atoms with Gasteiger partial charge in [0.25, 0.3) is 5.91 Å². The summed E-state index contributed by atoms with van der Waals surface area (Å²) in [5.41, 5.74) is 13.2. The number of anilines is 2. The van der Waals surface area contributed by atoms with Gasteiger partial charge in [-0.05, 0) is 25.0 Å². The fourth-order valence-corrected chi connectivity index (χ4v) is 2.36. The van der Waals surface area contributed by atoms with Gasteiger partial charge in [0.05, 0.1) is 16.9 Å². The topological polar surface area (TPSA) is 72.4 Å². The van der Waals surface area contributed by atoms with Crippen LogP contribution in [0.3, 0.4) is 0 Å². The number of hydrogen-bond acceptors (Lipinski definition) is 3. The Morgan fingerprint density at radius 1 is 1.12 bits per heavy atom. The lowest BCUT2D eigenvalue weighted by Gasteiger charge is -2.24. The Hall–Kier alpha value is -1.71. The standard InChI is InChI=1S/C13H19N3O/c14-12-10(13(15)17)6-5-7-11(12)16-8-3-1-2-4-9-16/h5-7H,1-4,8-9,14H2,(H2,15,17). The number of nitrogen functional groups attached to an aromatic ring is 1. The van der Waals surface area contributed by atoms with E-state index < -0.39 is 5.91 Å². The maximum absolute atomic E-state index is 11.2. The van der Waals surface area contributed by atoms with Crippen LogP contribution < -0.4 is 16.4 Å². The highest BCUT2D eigenvalue weighted by atomic mass is 16.1. The van der Waals surface area contributed by atoms with Crippen LogP contribution in [-0.2, 0) is 0 Å². The van der Waals surface area contributed by atoms with E-state index in [1.54, 1.807) is 6.07 Å². The van der Waals surface area contributed by atoms with E-state index in [-0.39, 0.29) is 0 Å². The molecule has 1 heterocycles. The molecule has 0 bridgehead atoms. The molecule has 1 aromatic carbocycles. The molecule has 4 nitrogen and oxygen atoms in total. The molecule has 1 fully saturated rings. The number of carbonyl (C=O) groups is 1. The molecule has 1 amide bonds. The maximum atomic E-state index is 11.2. The van der Waals surface area contributed by atoms with Crippen LogP contribution in [-0.4, -0.2) is 19.0 Å². The lowest BCUT2D eigenvalue weighted by atomic mass is 10.1. The van der Waals surface area contributed by atoms with Crippen LogP contribution in [0.5, 0.6) is 0 Å². The van der Waals surface area contributed by atoms with Gasteiger partial charge in [0, 0.05) is 13.1 Å². The molecule has 0 atom stereocenters. The van der Waals surface area contributed by atoms with Gasteiger partial charge >= 0.3 is 0 Å². The Bertz CT molecular complexity index is 409. The lowest BCUT2D eigenvalue weighted by Crippen LogP contribution is -2.26. The van der Waals surface area contributed by atoms with E-state index in [2.05, 4.69) is 4.90 Å². The van der Waals surface area contributed by atoms with E-state index in [4.69, 9.17) is 11.5 Å². The number of primary amides is 1. The average Bonchev–Trinajstić information content (AvgIpc) is 2.57. The van der Waals surface area contributed by atoms with Gasteiger partial charge in [-0.1, -0.05) is 18.9 Å². The molecule has 1 saturated heterocycles. The van der Waals surface area contributed by atoms with Crippen molar-refractivity contribution in [2.24, 2.45) is 5.73 Å². The smallest absolute Gasteiger partial charge is 0.250 e. The second-order valence-electron chi connectivity index (χ2n) is 4.50. The Kier molecular flexibility index (Phi) is 3.52. The van der Waals surface area contributed by atoms with E-state index in [9.17, 15) is 4.79 Å². The highest BCUT2D eigenvalue weighted by Crippen LogP contribution is 2.28. The van der Waals surface area contributed by atoms with Crippen LogP contribution in [0.25, 0.3) is 0 Å². The SMILES string of the molecule is NC(=O)c1cccc(N2CCCCCC2)c1N. The quantitative estimate of drug-likeness (QED) is 0.764. The number of nitrogens with two attached hydrogens (primary N) is 2. The molecule has 1 aliphatic heterocycles. The van der Waals surface area contributed by atoms with Gasteiger partial charge in [0.15, 0.2) is 0 Å². The first-order chi connectivity index (χ1) is 8.20. The van der Waals surface area contributed by atoms with Crippen molar-refractivity contribution in [2.45, 2.75) is 25.7 Å². The zero-order chi connectivity index (χ0) is 12.3. The average molecular weight is 233 g/mol. The maximum Gasteiger partial charge on any atom is 0.250 e. The van der Waals surface area contributed by atoms with Crippen molar-refractivity contribution < 1.29 is 4.79 Å². The molecule has 0 saturated carbocycles. The number of nitrogens with zero attached hydrogens (tertiary/aromatic N) is 1. The third kappa shape index (κ3) is 2.52. The van der Waals surface area contributed by atoms with Gasteiger partial charge in [-0.25, -0.2) is 0 Å². The number of para-hydroxylation sites is 1. The Labute approximate surface area is 102 Å². The van der Waals surface area contributed by atoms with E-state index in [1.807, 2.05) is 12.1 Å². The van der Waals surface area contributed by atoms with Crippen LogP contribution in [0.1, 0.15) is 36.0 Å². The van der Waals surface area contributed by atoms with Gasteiger partial charge in [0.2, 0.25) is 0 Å². The van der Waals surface area contributed by atoms with Crippen LogP contribution in [0, 0.1) is 0 Å². The second-order valence-corrected chi connectivity index (χ2v) is 4.50. The van der Waals surface area contributed by atoms with Crippen molar-refractivity contribution in [1.29, 1.82) is 0 Å². The Balaban J connectivity index is 2.30. The fraction of sp³-hybridized carbons (Fsp3) is 0.462. The zero-order valence-electron chi connectivity index (χ0n) is 9.98. The summed E-state index contributed by atoms with van der Waals surface area (Å²) >= 11 is 0. The van der Waals surface area contributed by atoms with Crippen molar-refractivity contribution in [1.82, 2.24) is 0 Å². The molecule has 2 rings (SSSR count). The second kappa shape index (κ2) is 5.08. The first-order valence-electron chi connectivity index (χ1n) is 6.13. The molecule has 17 heavy (non-hydrogen) atoms. The Morgan fingerprint density at radius 2 is 1.76 bits per heavy atom. The minimum absolute atomic E-state index is 0.423. The molecule has 0 spiro atoms. The van der Waals surface area contributed by atoms with Crippen LogP contribution in [0.2, 0.25) is 0 Å². The van der Waals surface area contributed by atoms with Crippen LogP contribution in [0.15, 0.2) is 18.2 Å². The molecule has 1 aliphatic rings. The molecular formula is C13H19N3O. The highest BCUT2D eigenvalue weighted by Gasteiger charge is 2.15. The van der Waals surface area contributed by atoms with E-state index >= 15 is 0 Å². The van der Waals surface area contributed by atoms with Gasteiger partial charge in [-0.15, -0.1) is 0 Å². The third-order valence-electron chi connectivity index (χ3n) is 3.30. The summed E-state index contributed by atoms with van der Waals surface area (Å²) in [7, 11) is 0. The summed E-state index contributed by atoms with van der Waals surface area (Å²) < 4.78 is 0. The van der Waals surface area contributed by atoms with Gasteiger partial charge in [0.1, 0.15) is 0 Å². The molecule has 0 aliphatic carbocycles. The molecule has 92 valence electrons. The molecule has 0 unspecified atom stereocenters. The summed E-state index contributed by atoms with van der Waals surface area (Å²) in [5, 5.41) is 0. The first kappa shape index (κ1) is 11.8. The largest absolute Gasteiger partial charge is 0.396 e. The molecule has 1 aromatic rings. The van der Waals surface area contributed by atoms with E-state index in [1.165, 1.54) is 25.7 Å². The van der Waals surface area contributed by atoms with Crippen molar-refractivity contribution in [3.05, 3.63) is 23.8 Å². The van der Waals surface area contributed by atoms with Crippen molar-refractivity contribution in [3.8, 4) is 0 Å². The first-order valence-corrected chi connectivity index (χ1v) is 6.13. The monoisotopic (exact) mass is 233 g/mol. The summed E-state index contributed by atoms with van der Waals surface area (Å²) in [6.45, 7) is 2.01. The normalized spacial score (nSPS) is 16.6. The van der Waals surface area contributed by atoms with E-state index in [0.717, 1.165) is 18.8 Å². The zero-order valence-corrected chi connectivity index (χ0v) is 9.98. The highest BCUT2D eigenvalue weighted by molar-refractivity contribution is 6.00. The summed E-state index contributed by atoms with van der Waals surface area (Å²) in [6, 6.07) is 5.49. The number of hydrogen-bond donors (Lipinski definition) is 2. The van der Waals surface area contributed by atoms with Gasteiger partial charge in [-0.3, -0.25) is 4.79 Å². The van der Waals surface area contributed by atoms with E-state index in [0.29, 0.717) is 11.3 Å². The molecule has 0 radical (unpaired) electrons. The summed E-state index contributed by atoms with van der Waals surface area (Å²) in [5.74, 6) is -0.459. The minimum atomic E-state index is -0.459.